The van der Waals surface area contributed by atoms with Crippen molar-refractivity contribution in [2.75, 3.05) is 6.61 Å². The van der Waals surface area contributed by atoms with Gasteiger partial charge in [-0.3, -0.25) is 4.79 Å². The zero-order chi connectivity index (χ0) is 29.3. The number of rotatable bonds is 7. The van der Waals surface area contributed by atoms with E-state index >= 15 is 0 Å². The summed E-state index contributed by atoms with van der Waals surface area (Å²) in [5, 5.41) is 0.380. The molecule has 2 heterocycles. The highest BCUT2D eigenvalue weighted by molar-refractivity contribution is 9.10. The summed E-state index contributed by atoms with van der Waals surface area (Å²) in [5.74, 6) is -4.75. The largest absolute Gasteiger partial charge is 0.462 e. The van der Waals surface area contributed by atoms with E-state index in [1.54, 1.807) is 18.2 Å². The normalized spacial score (nSPS) is 11.5. The van der Waals surface area contributed by atoms with Crippen molar-refractivity contribution in [1.82, 2.24) is 0 Å². The molecular weight excluding hydrogens is 613 g/mol. The van der Waals surface area contributed by atoms with E-state index in [1.807, 2.05) is 6.92 Å². The van der Waals surface area contributed by atoms with Gasteiger partial charge in [-0.15, -0.1) is 0 Å². The minimum Gasteiger partial charge on any atom is -0.462 e. The molecule has 5 aromatic rings. The first kappa shape index (κ1) is 28.0. The fraction of sp³-hybridized carbons (Fsp3) is 0.138. The maximum absolute atomic E-state index is 13.9. The van der Waals surface area contributed by atoms with Gasteiger partial charge in [-0.05, 0) is 67.1 Å². The summed E-state index contributed by atoms with van der Waals surface area (Å²) < 4.78 is 68.7. The molecule has 0 bridgehead atoms. The maximum atomic E-state index is 13.9. The molecule has 0 aliphatic carbocycles. The summed E-state index contributed by atoms with van der Waals surface area (Å²) in [5.41, 5.74) is -1.00. The van der Waals surface area contributed by atoms with Crippen LogP contribution in [-0.2, 0) is 10.9 Å². The summed E-state index contributed by atoms with van der Waals surface area (Å²) in [4.78, 5) is 37.7. The first-order chi connectivity index (χ1) is 19.5. The highest BCUT2D eigenvalue weighted by Gasteiger charge is 2.40. The molecule has 0 saturated carbocycles. The van der Waals surface area contributed by atoms with Gasteiger partial charge in [-0.2, -0.15) is 13.2 Å². The first-order valence-electron chi connectivity index (χ1n) is 12.1. The topological polar surface area (TPSA) is 105 Å². The van der Waals surface area contributed by atoms with Gasteiger partial charge >= 0.3 is 18.1 Å². The molecule has 41 heavy (non-hydrogen) atoms. The van der Waals surface area contributed by atoms with Gasteiger partial charge in [-0.1, -0.05) is 22.9 Å². The van der Waals surface area contributed by atoms with Gasteiger partial charge in [0.1, 0.15) is 22.7 Å². The van der Waals surface area contributed by atoms with Crippen LogP contribution in [0.25, 0.3) is 21.9 Å². The molecule has 0 N–H and O–H groups in total. The van der Waals surface area contributed by atoms with E-state index in [2.05, 4.69) is 15.9 Å². The second-order valence-electron chi connectivity index (χ2n) is 8.69. The molecule has 0 aliphatic heterocycles. The third-order valence-electron chi connectivity index (χ3n) is 5.72. The van der Waals surface area contributed by atoms with E-state index in [0.29, 0.717) is 17.4 Å². The van der Waals surface area contributed by atoms with Gasteiger partial charge in [0.05, 0.1) is 17.6 Å². The molecule has 0 spiro atoms. The molecule has 0 atom stereocenters. The van der Waals surface area contributed by atoms with E-state index in [4.69, 9.17) is 23.0 Å². The van der Waals surface area contributed by atoms with Crippen LogP contribution >= 0.6 is 15.9 Å². The predicted octanol–water partition coefficient (Wildman–Crippen LogP) is 7.90. The van der Waals surface area contributed by atoms with Crippen LogP contribution in [0, 0.1) is 0 Å². The lowest BCUT2D eigenvalue weighted by Gasteiger charge is -2.14. The molecule has 210 valence electrons. The van der Waals surface area contributed by atoms with Crippen LogP contribution in [0.15, 0.2) is 84.8 Å². The number of benzene rings is 3. The Balaban J connectivity index is 1.44. The SMILES string of the molecule is CCCOC(=O)c1ccc(Oc2c(C(F)(F)F)oc3cc(OC(=O)c4cc5cc(Br)ccc5o4)ccc3c2=O)cc1. The summed E-state index contributed by atoms with van der Waals surface area (Å²) in [7, 11) is 0. The van der Waals surface area contributed by atoms with Crippen molar-refractivity contribution in [3.05, 3.63) is 98.5 Å². The highest BCUT2D eigenvalue weighted by atomic mass is 79.9. The van der Waals surface area contributed by atoms with Crippen molar-refractivity contribution in [3.63, 3.8) is 0 Å². The number of halogens is 4. The minimum atomic E-state index is -5.11. The zero-order valence-corrected chi connectivity index (χ0v) is 22.6. The molecule has 0 radical (unpaired) electrons. The molecule has 0 saturated heterocycles. The molecular formula is C29H18BrF3O8. The van der Waals surface area contributed by atoms with Crippen LogP contribution in [0.5, 0.6) is 17.2 Å². The second-order valence-corrected chi connectivity index (χ2v) is 9.61. The van der Waals surface area contributed by atoms with Crippen molar-refractivity contribution in [1.29, 1.82) is 0 Å². The Morgan fingerprint density at radius 1 is 0.878 bits per heavy atom. The molecule has 0 aliphatic rings. The lowest BCUT2D eigenvalue weighted by Crippen LogP contribution is -2.15. The minimum absolute atomic E-state index is 0.135. The van der Waals surface area contributed by atoms with E-state index < -0.39 is 40.6 Å². The molecule has 5 rings (SSSR count). The Kier molecular flexibility index (Phi) is 7.59. The van der Waals surface area contributed by atoms with Crippen LogP contribution in [0.4, 0.5) is 13.2 Å². The second kappa shape index (κ2) is 11.1. The van der Waals surface area contributed by atoms with Gasteiger partial charge in [0.15, 0.2) is 0 Å². The van der Waals surface area contributed by atoms with Crippen molar-refractivity contribution in [2.45, 2.75) is 19.5 Å². The number of carbonyl (C=O) groups is 2. The Labute approximate surface area is 237 Å². The van der Waals surface area contributed by atoms with Crippen LogP contribution < -0.4 is 14.9 Å². The smallest absolute Gasteiger partial charge is 0.453 e. The van der Waals surface area contributed by atoms with E-state index in [1.165, 1.54) is 36.4 Å². The van der Waals surface area contributed by atoms with Gasteiger partial charge in [-0.25, -0.2) is 9.59 Å². The number of hydrogen-bond acceptors (Lipinski definition) is 8. The number of alkyl halides is 3. The van der Waals surface area contributed by atoms with Crippen molar-refractivity contribution in [2.24, 2.45) is 0 Å². The molecule has 0 amide bonds. The monoisotopic (exact) mass is 630 g/mol. The third kappa shape index (κ3) is 5.97. The van der Waals surface area contributed by atoms with Gasteiger partial charge < -0.3 is 23.0 Å². The Morgan fingerprint density at radius 3 is 2.32 bits per heavy atom. The molecule has 8 nitrogen and oxygen atoms in total. The molecule has 0 unspecified atom stereocenters. The summed E-state index contributed by atoms with van der Waals surface area (Å²) in [6.07, 6.45) is -4.49. The number of ether oxygens (including phenoxy) is 3. The lowest BCUT2D eigenvalue weighted by molar-refractivity contribution is -0.154. The van der Waals surface area contributed by atoms with Crippen molar-refractivity contribution < 1.29 is 45.8 Å². The molecule has 2 aromatic heterocycles. The lowest BCUT2D eigenvalue weighted by atomic mass is 10.2. The summed E-state index contributed by atoms with van der Waals surface area (Å²) in [6.45, 7) is 2.04. The third-order valence-corrected chi connectivity index (χ3v) is 6.21. The standard InChI is InChI=1S/C29H18BrF3O8/c1-2-11-37-27(35)15-3-6-18(7-4-15)38-25-24(34)20-9-8-19(14-22(20)41-26(25)29(31,32)33)39-28(36)23-13-16-12-17(30)5-10-21(16)40-23/h3-10,12-14H,2,11H2,1H3. The fourth-order valence-corrected chi connectivity index (χ4v) is 4.21. The van der Waals surface area contributed by atoms with Crippen LogP contribution in [0.1, 0.15) is 40.0 Å². The number of furan rings is 1. The number of esters is 2. The van der Waals surface area contributed by atoms with Crippen molar-refractivity contribution >= 4 is 49.8 Å². The predicted molar refractivity (Wildman–Crippen MR) is 143 cm³/mol. The Hall–Kier alpha value is -4.58. The summed E-state index contributed by atoms with van der Waals surface area (Å²) >= 11 is 3.32. The quantitative estimate of drug-likeness (QED) is 0.132. The zero-order valence-electron chi connectivity index (χ0n) is 21.0. The van der Waals surface area contributed by atoms with Crippen LogP contribution in [0.3, 0.4) is 0 Å². The van der Waals surface area contributed by atoms with Gasteiger partial charge in [0.2, 0.25) is 16.9 Å². The average Bonchev–Trinajstić information content (AvgIpc) is 3.36. The van der Waals surface area contributed by atoms with Crippen LogP contribution in [0.2, 0.25) is 0 Å². The van der Waals surface area contributed by atoms with E-state index in [-0.39, 0.29) is 34.8 Å². The summed E-state index contributed by atoms with van der Waals surface area (Å²) in [6, 6.07) is 15.0. The van der Waals surface area contributed by atoms with E-state index in [0.717, 1.165) is 16.6 Å². The molecule has 0 fully saturated rings. The molecule has 3 aromatic carbocycles. The fourth-order valence-electron chi connectivity index (χ4n) is 3.83. The first-order valence-corrected chi connectivity index (χ1v) is 12.9. The number of hydrogen-bond donors (Lipinski definition) is 0. The van der Waals surface area contributed by atoms with Gasteiger partial charge in [0.25, 0.3) is 5.76 Å². The van der Waals surface area contributed by atoms with Crippen LogP contribution in [-0.4, -0.2) is 18.5 Å². The highest BCUT2D eigenvalue weighted by Crippen LogP contribution is 2.39. The number of fused-ring (bicyclic) bond motifs is 2. The Bertz CT molecular complexity index is 1840. The Morgan fingerprint density at radius 2 is 1.61 bits per heavy atom. The maximum Gasteiger partial charge on any atom is 0.453 e. The average molecular weight is 631 g/mol. The van der Waals surface area contributed by atoms with Gasteiger partial charge in [0, 0.05) is 15.9 Å². The van der Waals surface area contributed by atoms with Crippen molar-refractivity contribution in [3.8, 4) is 17.2 Å². The molecule has 12 heteroatoms. The number of carbonyl (C=O) groups excluding carboxylic acids is 2. The van der Waals surface area contributed by atoms with E-state index in [9.17, 15) is 27.6 Å².